The topological polar surface area (TPSA) is 114 Å². The van der Waals surface area contributed by atoms with E-state index in [0.29, 0.717) is 18.4 Å². The maximum Gasteiger partial charge on any atom is 0.282 e. The molecule has 1 amide bonds. The van der Waals surface area contributed by atoms with Gasteiger partial charge in [-0.1, -0.05) is 18.2 Å². The van der Waals surface area contributed by atoms with E-state index < -0.39 is 38.4 Å². The lowest BCUT2D eigenvalue weighted by atomic mass is 10.0. The van der Waals surface area contributed by atoms with E-state index in [-0.39, 0.29) is 50.8 Å². The van der Waals surface area contributed by atoms with Gasteiger partial charge in [0, 0.05) is 17.3 Å². The lowest BCUT2D eigenvalue weighted by molar-refractivity contribution is 0.0973. The van der Waals surface area contributed by atoms with Gasteiger partial charge in [-0.2, -0.15) is 0 Å². The minimum Gasteiger partial charge on any atom is -0.463 e. The van der Waals surface area contributed by atoms with Crippen LogP contribution in [0.3, 0.4) is 0 Å². The number of carbonyl (C=O) groups excluding carboxylic acids is 1. The van der Waals surface area contributed by atoms with Crippen LogP contribution in [-0.2, 0) is 16.6 Å². The molecule has 1 fully saturated rings. The summed E-state index contributed by atoms with van der Waals surface area (Å²) in [6, 6.07) is 10.4. The fourth-order valence-corrected chi connectivity index (χ4v) is 6.10. The molecule has 11 heteroatoms. The van der Waals surface area contributed by atoms with Crippen LogP contribution in [0.5, 0.6) is 0 Å². The second-order valence-corrected chi connectivity index (χ2v) is 11.3. The normalized spacial score (nSPS) is 13.9. The maximum atomic E-state index is 15.2. The van der Waals surface area contributed by atoms with Crippen LogP contribution < -0.4 is 10.3 Å². The second-order valence-electron chi connectivity index (χ2n) is 9.36. The predicted molar refractivity (Wildman–Crippen MR) is 137 cm³/mol. The largest absolute Gasteiger partial charge is 0.463 e. The van der Waals surface area contributed by atoms with E-state index in [2.05, 4.69) is 9.71 Å². The highest BCUT2D eigenvalue weighted by Crippen LogP contribution is 2.40. The first-order valence-electron chi connectivity index (χ1n) is 11.9. The molecule has 194 valence electrons. The number of H-pyrrole nitrogens is 1. The Bertz CT molecular complexity index is 1930. The summed E-state index contributed by atoms with van der Waals surface area (Å²) in [5.74, 6) is -2.19. The van der Waals surface area contributed by atoms with Crippen molar-refractivity contribution in [1.82, 2.24) is 14.3 Å². The number of aromatic amines is 1. The van der Waals surface area contributed by atoms with E-state index in [1.807, 2.05) is 0 Å². The van der Waals surface area contributed by atoms with Crippen molar-refractivity contribution in [3.8, 4) is 11.1 Å². The van der Waals surface area contributed by atoms with E-state index in [1.165, 1.54) is 41.3 Å². The lowest BCUT2D eigenvalue weighted by Crippen LogP contribution is -2.35. The summed E-state index contributed by atoms with van der Waals surface area (Å²) in [5.41, 5.74) is 0.0631. The molecule has 2 aromatic carbocycles. The van der Waals surface area contributed by atoms with Crippen LogP contribution in [0.2, 0.25) is 0 Å². The van der Waals surface area contributed by atoms with Crippen molar-refractivity contribution in [3.05, 3.63) is 93.7 Å². The Kier molecular flexibility index (Phi) is 5.49. The zero-order chi connectivity index (χ0) is 26.8. The maximum absolute atomic E-state index is 15.2. The summed E-state index contributed by atoms with van der Waals surface area (Å²) < 4.78 is 64.9. The molecule has 1 saturated carbocycles. The number of fused-ring (bicyclic) bond motifs is 3. The van der Waals surface area contributed by atoms with Crippen molar-refractivity contribution in [2.45, 2.75) is 31.6 Å². The molecule has 0 spiro atoms. The van der Waals surface area contributed by atoms with Crippen LogP contribution >= 0.6 is 0 Å². The van der Waals surface area contributed by atoms with Crippen LogP contribution in [0.25, 0.3) is 33.0 Å². The van der Waals surface area contributed by atoms with Gasteiger partial charge in [-0.15, -0.1) is 0 Å². The molecular weight excluding hydrogens is 516 g/mol. The van der Waals surface area contributed by atoms with Crippen LogP contribution in [0, 0.1) is 18.6 Å². The van der Waals surface area contributed by atoms with Crippen molar-refractivity contribution in [2.75, 3.05) is 0 Å². The molecule has 6 rings (SSSR count). The zero-order valence-corrected chi connectivity index (χ0v) is 20.9. The number of aryl methyl sites for hydroxylation is 1. The molecule has 1 aliphatic rings. The van der Waals surface area contributed by atoms with Gasteiger partial charge in [0.2, 0.25) is 10.0 Å². The standard InChI is InChI=1S/C27H21F2N3O5S/c1-14-4-2-5-15(23(14)29)13-32-20-12-19(28)17-9-11-37-25(17)22(20)21(18-6-3-10-30-26(18)33)24(32)27(34)31-38(35,36)16-7-8-16/h2-6,9-12,16H,7-8,13H2,1H3,(H,30,33)(H,31,34). The highest BCUT2D eigenvalue weighted by molar-refractivity contribution is 7.91. The molecule has 0 atom stereocenters. The Labute approximate surface area is 214 Å². The summed E-state index contributed by atoms with van der Waals surface area (Å²) >= 11 is 0. The predicted octanol–water partition coefficient (Wildman–Crippen LogP) is 4.60. The Morgan fingerprint density at radius 2 is 1.97 bits per heavy atom. The summed E-state index contributed by atoms with van der Waals surface area (Å²) in [6.45, 7) is 1.34. The van der Waals surface area contributed by atoms with Crippen LogP contribution in [-0.4, -0.2) is 29.1 Å². The van der Waals surface area contributed by atoms with Crippen molar-refractivity contribution in [1.29, 1.82) is 0 Å². The van der Waals surface area contributed by atoms with Crippen LogP contribution in [0.4, 0.5) is 8.78 Å². The highest BCUT2D eigenvalue weighted by Gasteiger charge is 2.39. The van der Waals surface area contributed by atoms with Gasteiger partial charge in [0.25, 0.3) is 11.5 Å². The zero-order valence-electron chi connectivity index (χ0n) is 20.0. The first-order valence-corrected chi connectivity index (χ1v) is 13.4. The highest BCUT2D eigenvalue weighted by atomic mass is 32.2. The number of nitrogens with zero attached hydrogens (tertiary/aromatic N) is 1. The number of rotatable bonds is 6. The van der Waals surface area contributed by atoms with E-state index in [9.17, 15) is 18.0 Å². The molecule has 2 N–H and O–H groups in total. The average Bonchev–Trinajstić information content (AvgIpc) is 3.55. The van der Waals surface area contributed by atoms with Gasteiger partial charge in [-0.05, 0) is 49.6 Å². The van der Waals surface area contributed by atoms with Gasteiger partial charge in [0.15, 0.2) is 0 Å². The number of benzene rings is 2. The lowest BCUT2D eigenvalue weighted by Gasteiger charge is -2.14. The molecule has 0 aliphatic heterocycles. The van der Waals surface area contributed by atoms with E-state index in [1.54, 1.807) is 25.1 Å². The van der Waals surface area contributed by atoms with E-state index >= 15 is 8.78 Å². The van der Waals surface area contributed by atoms with Crippen molar-refractivity contribution >= 4 is 37.8 Å². The SMILES string of the molecule is Cc1cccc(Cn2c(C(=O)NS(=O)(=O)C3CC3)c(-c3ccc[nH]c3=O)c3c4occc4c(F)cc32)c1F. The van der Waals surface area contributed by atoms with Gasteiger partial charge in [-0.3, -0.25) is 9.59 Å². The number of halogens is 2. The number of aromatic nitrogens is 2. The number of amides is 1. The van der Waals surface area contributed by atoms with Crippen molar-refractivity contribution in [3.63, 3.8) is 0 Å². The molecule has 0 unspecified atom stereocenters. The quantitative estimate of drug-likeness (QED) is 0.329. The molecule has 1 aliphatic carbocycles. The minimum absolute atomic E-state index is 0.0410. The summed E-state index contributed by atoms with van der Waals surface area (Å²) in [4.78, 5) is 29.3. The molecule has 3 heterocycles. The van der Waals surface area contributed by atoms with Gasteiger partial charge in [-0.25, -0.2) is 21.9 Å². The molecule has 0 radical (unpaired) electrons. The Morgan fingerprint density at radius 1 is 1.18 bits per heavy atom. The second kappa shape index (κ2) is 8.66. The molecule has 0 bridgehead atoms. The number of hydrogen-bond donors (Lipinski definition) is 2. The molecule has 0 saturated heterocycles. The van der Waals surface area contributed by atoms with E-state index in [0.717, 1.165) is 0 Å². The van der Waals surface area contributed by atoms with Crippen molar-refractivity contribution < 1.29 is 26.4 Å². The molecule has 3 aromatic heterocycles. The number of carbonyl (C=O) groups is 1. The average molecular weight is 538 g/mol. The Balaban J connectivity index is 1.73. The number of hydrogen-bond acceptors (Lipinski definition) is 5. The first-order chi connectivity index (χ1) is 18.2. The Hall–Kier alpha value is -4.25. The van der Waals surface area contributed by atoms with Gasteiger partial charge >= 0.3 is 0 Å². The van der Waals surface area contributed by atoms with Crippen molar-refractivity contribution in [2.24, 2.45) is 0 Å². The molecule has 38 heavy (non-hydrogen) atoms. The number of sulfonamides is 1. The third-order valence-corrected chi connectivity index (χ3v) is 8.64. The fraction of sp³-hybridized carbons (Fsp3) is 0.185. The first kappa shape index (κ1) is 24.1. The molecule has 8 nitrogen and oxygen atoms in total. The smallest absolute Gasteiger partial charge is 0.282 e. The molecule has 5 aromatic rings. The number of furan rings is 1. The Morgan fingerprint density at radius 3 is 2.71 bits per heavy atom. The molecular formula is C27H21F2N3O5S. The summed E-state index contributed by atoms with van der Waals surface area (Å²) in [7, 11) is -4.00. The summed E-state index contributed by atoms with van der Waals surface area (Å²) in [6.07, 6.45) is 3.53. The van der Waals surface area contributed by atoms with Gasteiger partial charge in [0.05, 0.1) is 39.9 Å². The summed E-state index contributed by atoms with van der Waals surface area (Å²) in [5, 5.41) is -0.357. The van der Waals surface area contributed by atoms with Gasteiger partial charge < -0.3 is 14.0 Å². The number of nitrogens with one attached hydrogen (secondary N) is 2. The monoisotopic (exact) mass is 537 g/mol. The third kappa shape index (κ3) is 3.81. The third-order valence-electron chi connectivity index (χ3n) is 6.82. The number of pyridine rings is 1. The fourth-order valence-electron chi connectivity index (χ4n) is 4.83. The van der Waals surface area contributed by atoms with E-state index in [4.69, 9.17) is 4.42 Å². The van der Waals surface area contributed by atoms with Crippen LogP contribution in [0.1, 0.15) is 34.5 Å². The van der Waals surface area contributed by atoms with Gasteiger partial charge in [0.1, 0.15) is 22.9 Å². The minimum atomic E-state index is -4.00. The van der Waals surface area contributed by atoms with Crippen LogP contribution in [0.15, 0.2) is 64.1 Å².